The molecule has 1 aliphatic rings. The molecule has 0 saturated carbocycles. The Kier molecular flexibility index (Phi) is 14.2. The van der Waals surface area contributed by atoms with Crippen LogP contribution in [-0.4, -0.2) is 29.9 Å². The van der Waals surface area contributed by atoms with Gasteiger partial charge in [-0.2, -0.15) is 0 Å². The lowest BCUT2D eigenvalue weighted by Crippen LogP contribution is -2.15. The van der Waals surface area contributed by atoms with E-state index >= 15 is 0 Å². The van der Waals surface area contributed by atoms with Gasteiger partial charge in [0.2, 0.25) is 0 Å². The molecule has 22 aromatic rings. The molecule has 0 amide bonds. The molecule has 0 unspecified atom stereocenters. The van der Waals surface area contributed by atoms with Crippen LogP contribution in [0.1, 0.15) is 25.0 Å². The lowest BCUT2D eigenvalue weighted by Gasteiger charge is -2.21. The highest BCUT2D eigenvalue weighted by Crippen LogP contribution is 2.50. The number of hydrogen-bond donors (Lipinski definition) is 0. The van der Waals surface area contributed by atoms with Gasteiger partial charge >= 0.3 is 0 Å². The molecule has 6 heterocycles. The van der Waals surface area contributed by atoms with Crippen LogP contribution in [0.4, 0.5) is 0 Å². The molecule has 6 aromatic heterocycles. The van der Waals surface area contributed by atoms with E-state index < -0.39 is 0 Å². The van der Waals surface area contributed by atoms with Gasteiger partial charge in [-0.25, -0.2) is 29.9 Å². The standard InChI is InChI=1S/C103H62N6O4/c1-103(2)87-26-14-11-23-77(87)78-38-32-70(57-88(78)103)100-105-98(61-20-7-4-8-21-61)107-102(109-100)76-49-72(65-35-42-92-83(54-65)80-25-13-16-28-90(80)111-92)47-74(51-76)67-37-44-95-86(56-67)85-52-63(33-40-94(85)112-95)68-31-39-81-84-55-66(36-43-93(84)113-96(81)58-68)73-46-71(64-34-41-91-82(53-64)79-24-12-15-27-89(79)110-91)48-75(50-73)101-106-97(60-18-5-3-6-19-60)104-99(108-101)69-30-29-59-17-9-10-22-62(59)45-69/h3-58H,1-2H3. The molecular weight excluding hydrogens is 1390 g/mol. The summed E-state index contributed by atoms with van der Waals surface area (Å²) in [7, 11) is 0. The van der Waals surface area contributed by atoms with Crippen molar-refractivity contribution in [2.45, 2.75) is 19.3 Å². The Labute approximate surface area is 647 Å². The summed E-state index contributed by atoms with van der Waals surface area (Å²) >= 11 is 0. The fourth-order valence-electron chi connectivity index (χ4n) is 17.1. The van der Waals surface area contributed by atoms with Crippen LogP contribution in [-0.2, 0) is 5.41 Å². The van der Waals surface area contributed by atoms with Crippen LogP contribution in [0.5, 0.6) is 0 Å². The second-order valence-electron chi connectivity index (χ2n) is 30.1. The monoisotopic (exact) mass is 1450 g/mol. The van der Waals surface area contributed by atoms with Crippen molar-refractivity contribution in [2.24, 2.45) is 0 Å². The summed E-state index contributed by atoms with van der Waals surface area (Å²) in [5.41, 5.74) is 26.8. The Balaban J connectivity index is 0.629. The minimum Gasteiger partial charge on any atom is -0.456 e. The van der Waals surface area contributed by atoms with Gasteiger partial charge in [-0.05, 0) is 222 Å². The predicted molar refractivity (Wildman–Crippen MR) is 457 cm³/mol. The highest BCUT2D eigenvalue weighted by atomic mass is 16.3. The molecule has 0 atom stereocenters. The molecule has 10 nitrogen and oxygen atoms in total. The van der Waals surface area contributed by atoms with Crippen molar-refractivity contribution in [3.8, 4) is 135 Å². The fraction of sp³-hybridized carbons (Fsp3) is 0.0291. The van der Waals surface area contributed by atoms with E-state index in [1.807, 2.05) is 72.8 Å². The van der Waals surface area contributed by atoms with E-state index in [0.29, 0.717) is 34.9 Å². The van der Waals surface area contributed by atoms with Crippen molar-refractivity contribution < 1.29 is 17.7 Å². The first-order chi connectivity index (χ1) is 55.6. The normalized spacial score (nSPS) is 12.6. The Morgan fingerprint density at radius 2 is 0.496 bits per heavy atom. The second-order valence-corrected chi connectivity index (χ2v) is 30.1. The number of rotatable bonds is 11. The van der Waals surface area contributed by atoms with E-state index in [1.54, 1.807) is 0 Å². The van der Waals surface area contributed by atoms with Crippen LogP contribution in [0.3, 0.4) is 0 Å². The van der Waals surface area contributed by atoms with E-state index in [4.69, 9.17) is 47.6 Å². The van der Waals surface area contributed by atoms with Crippen LogP contribution >= 0.6 is 0 Å². The molecule has 1 aliphatic carbocycles. The molecule has 0 bridgehead atoms. The van der Waals surface area contributed by atoms with Gasteiger partial charge in [-0.1, -0.05) is 220 Å². The SMILES string of the molecule is CC1(C)c2ccccc2-c2ccc(-c3nc(-c4ccccc4)nc(-c4cc(-c5ccc6oc7ccccc7c6c5)cc(-c5ccc6oc7ccc(-c8ccc9c(c8)oc8ccc(-c%10cc(-c%11ccc%12oc%13ccccc%13c%12c%11)cc(-c%11nc(-c%12ccccc%12)nc(-c%12ccc%13ccccc%13c%12)n%11)c%10)cc89)cc7c6c5)c4)n3)cc21. The van der Waals surface area contributed by atoms with Crippen molar-refractivity contribution >= 4 is 98.5 Å². The molecule has 0 spiro atoms. The van der Waals surface area contributed by atoms with Crippen LogP contribution in [0, 0.1) is 0 Å². The van der Waals surface area contributed by atoms with Crippen molar-refractivity contribution in [3.63, 3.8) is 0 Å². The van der Waals surface area contributed by atoms with E-state index in [1.165, 1.54) is 22.3 Å². The number of para-hydroxylation sites is 2. The maximum atomic E-state index is 6.84. The Morgan fingerprint density at radius 1 is 0.177 bits per heavy atom. The molecule has 0 radical (unpaired) electrons. The maximum absolute atomic E-state index is 6.84. The summed E-state index contributed by atoms with van der Waals surface area (Å²) in [6, 6.07) is 119. The lowest BCUT2D eigenvalue weighted by atomic mass is 9.82. The van der Waals surface area contributed by atoms with Crippen molar-refractivity contribution in [2.75, 3.05) is 0 Å². The number of hydrogen-bond acceptors (Lipinski definition) is 10. The first kappa shape index (κ1) is 64.0. The quantitative estimate of drug-likeness (QED) is 0.123. The van der Waals surface area contributed by atoms with Gasteiger partial charge in [0.15, 0.2) is 34.9 Å². The zero-order valence-corrected chi connectivity index (χ0v) is 61.1. The lowest BCUT2D eigenvalue weighted by molar-refractivity contribution is 0.660. The highest BCUT2D eigenvalue weighted by molar-refractivity contribution is 6.12. The minimum atomic E-state index is -0.217. The smallest absolute Gasteiger partial charge is 0.164 e. The van der Waals surface area contributed by atoms with Crippen LogP contribution in [0.15, 0.2) is 357 Å². The average Bonchev–Trinajstić information content (AvgIpc) is 1.58. The summed E-state index contributed by atoms with van der Waals surface area (Å²) in [6.07, 6.45) is 0. The van der Waals surface area contributed by atoms with Gasteiger partial charge in [0.25, 0.3) is 0 Å². The van der Waals surface area contributed by atoms with E-state index in [-0.39, 0.29) is 5.41 Å². The molecule has 528 valence electrons. The molecular formula is C103H62N6O4. The molecule has 0 N–H and O–H groups in total. The summed E-state index contributed by atoms with van der Waals surface area (Å²) in [5, 5.41) is 10.5. The van der Waals surface area contributed by atoms with Gasteiger partial charge in [-0.15, -0.1) is 0 Å². The predicted octanol–water partition coefficient (Wildman–Crippen LogP) is 27.5. The fourth-order valence-corrected chi connectivity index (χ4v) is 17.1. The Morgan fingerprint density at radius 3 is 0.991 bits per heavy atom. The second kappa shape index (κ2) is 25.0. The molecule has 0 saturated heterocycles. The molecule has 0 fully saturated rings. The van der Waals surface area contributed by atoms with Crippen LogP contribution in [0.2, 0.25) is 0 Å². The number of benzene rings is 16. The maximum Gasteiger partial charge on any atom is 0.164 e. The number of fused-ring (bicyclic) bond motifs is 16. The van der Waals surface area contributed by atoms with E-state index in [9.17, 15) is 0 Å². The van der Waals surface area contributed by atoms with Gasteiger partial charge in [0, 0.05) is 81.9 Å². The summed E-state index contributed by atoms with van der Waals surface area (Å²) in [6.45, 7) is 4.61. The van der Waals surface area contributed by atoms with Crippen molar-refractivity contribution in [1.29, 1.82) is 0 Å². The van der Waals surface area contributed by atoms with E-state index in [2.05, 4.69) is 281 Å². The third-order valence-corrected chi connectivity index (χ3v) is 22.9. The number of nitrogens with zero attached hydrogens (tertiary/aromatic N) is 6. The van der Waals surface area contributed by atoms with Gasteiger partial charge in [0.1, 0.15) is 44.7 Å². The summed E-state index contributed by atoms with van der Waals surface area (Å²) in [4.78, 5) is 31.8. The zero-order chi connectivity index (χ0) is 74.6. The van der Waals surface area contributed by atoms with Crippen molar-refractivity contribution in [3.05, 3.63) is 351 Å². The first-order valence-electron chi connectivity index (χ1n) is 38.1. The first-order valence-corrected chi connectivity index (χ1v) is 38.1. The highest BCUT2D eigenvalue weighted by Gasteiger charge is 2.36. The van der Waals surface area contributed by atoms with Gasteiger partial charge < -0.3 is 17.7 Å². The van der Waals surface area contributed by atoms with Crippen LogP contribution < -0.4 is 0 Å². The van der Waals surface area contributed by atoms with Gasteiger partial charge in [-0.3, -0.25) is 0 Å². The number of aromatic nitrogens is 6. The summed E-state index contributed by atoms with van der Waals surface area (Å²) in [5.74, 6) is 3.49. The largest absolute Gasteiger partial charge is 0.456 e. The van der Waals surface area contributed by atoms with Gasteiger partial charge in [0.05, 0.1) is 0 Å². The topological polar surface area (TPSA) is 130 Å². The Bertz CT molecular complexity index is 7740. The summed E-state index contributed by atoms with van der Waals surface area (Å²) < 4.78 is 26.3. The van der Waals surface area contributed by atoms with Crippen molar-refractivity contribution in [1.82, 2.24) is 29.9 Å². The van der Waals surface area contributed by atoms with E-state index in [0.717, 1.165) is 188 Å². The Hall–Kier alpha value is -15.0. The molecule has 113 heavy (non-hydrogen) atoms. The molecule has 23 rings (SSSR count). The van der Waals surface area contributed by atoms with Crippen LogP contribution in [0.25, 0.3) is 234 Å². The third-order valence-electron chi connectivity index (χ3n) is 22.9. The minimum absolute atomic E-state index is 0.217. The third kappa shape index (κ3) is 10.8. The average molecular weight is 1450 g/mol. The zero-order valence-electron chi connectivity index (χ0n) is 61.1. The molecule has 16 aromatic carbocycles. The molecule has 0 aliphatic heterocycles. The molecule has 10 heteroatoms. The number of furan rings is 4.